The van der Waals surface area contributed by atoms with Gasteiger partial charge in [-0.25, -0.2) is 0 Å². The molecule has 0 bridgehead atoms. The summed E-state index contributed by atoms with van der Waals surface area (Å²) in [5.41, 5.74) is 0.463. The summed E-state index contributed by atoms with van der Waals surface area (Å²) in [4.78, 5) is 11.2. The van der Waals surface area contributed by atoms with E-state index >= 15 is 0 Å². The predicted molar refractivity (Wildman–Crippen MR) is 57.3 cm³/mol. The van der Waals surface area contributed by atoms with E-state index in [1.807, 2.05) is 0 Å². The molecule has 1 aliphatic rings. The lowest BCUT2D eigenvalue weighted by atomic mass is 9.88. The van der Waals surface area contributed by atoms with E-state index in [2.05, 4.69) is 11.9 Å². The van der Waals surface area contributed by atoms with Gasteiger partial charge in [0.25, 0.3) is 5.91 Å². The lowest BCUT2D eigenvalue weighted by Crippen LogP contribution is -2.36. The summed E-state index contributed by atoms with van der Waals surface area (Å²) in [6.07, 6.45) is 5.69. The Balaban J connectivity index is 2.40. The molecule has 1 rings (SSSR count). The van der Waals surface area contributed by atoms with E-state index in [9.17, 15) is 4.79 Å². The van der Waals surface area contributed by atoms with Gasteiger partial charge in [-0.05, 0) is 19.8 Å². The molecule has 0 aromatic carbocycles. The maximum Gasteiger partial charge on any atom is 0.251 e. The normalized spacial score (nSPS) is 17.5. The van der Waals surface area contributed by atoms with Crippen LogP contribution in [0.4, 0.5) is 0 Å². The molecule has 0 atom stereocenters. The highest BCUT2D eigenvalue weighted by molar-refractivity contribution is 6.05. The first-order valence-corrected chi connectivity index (χ1v) is 5.16. The van der Waals surface area contributed by atoms with Gasteiger partial charge in [0.2, 0.25) is 0 Å². The molecule has 0 aromatic heterocycles. The minimum Gasteiger partial charge on any atom is -0.311 e. The van der Waals surface area contributed by atoms with Crippen LogP contribution in [0.15, 0.2) is 12.2 Å². The Hall–Kier alpha value is -1.12. The molecule has 0 radical (unpaired) electrons. The van der Waals surface area contributed by atoms with E-state index in [0.717, 1.165) is 12.8 Å². The number of nitrogens with one attached hydrogen (secondary N) is 2. The third kappa shape index (κ3) is 2.98. The van der Waals surface area contributed by atoms with Crippen molar-refractivity contribution in [2.24, 2.45) is 5.92 Å². The fraction of sp³-hybridized carbons (Fsp3) is 0.636. The first-order chi connectivity index (χ1) is 6.61. The Morgan fingerprint density at radius 3 is 2.43 bits per heavy atom. The van der Waals surface area contributed by atoms with Crippen molar-refractivity contribution in [3.05, 3.63) is 12.2 Å². The van der Waals surface area contributed by atoms with Crippen molar-refractivity contribution in [2.45, 2.75) is 39.0 Å². The molecule has 0 heterocycles. The third-order valence-corrected chi connectivity index (χ3v) is 2.65. The standard InChI is InChI=1S/C11H18N2O/c1-8(2)11(14)13-10(12)9-6-4-3-5-7-9/h9H,1,3-7H2,2H3,(H2,12,13,14). The number of hydrogen-bond donors (Lipinski definition) is 2. The summed E-state index contributed by atoms with van der Waals surface area (Å²) in [7, 11) is 0. The largest absolute Gasteiger partial charge is 0.311 e. The molecule has 0 unspecified atom stereocenters. The summed E-state index contributed by atoms with van der Waals surface area (Å²) < 4.78 is 0. The van der Waals surface area contributed by atoms with E-state index in [-0.39, 0.29) is 11.8 Å². The van der Waals surface area contributed by atoms with Gasteiger partial charge in [0.15, 0.2) is 0 Å². The molecule has 14 heavy (non-hydrogen) atoms. The van der Waals surface area contributed by atoms with E-state index < -0.39 is 0 Å². The molecule has 0 saturated heterocycles. The highest BCUT2D eigenvalue weighted by Crippen LogP contribution is 2.23. The molecule has 1 amide bonds. The number of amides is 1. The van der Waals surface area contributed by atoms with Crippen molar-refractivity contribution in [3.8, 4) is 0 Å². The zero-order chi connectivity index (χ0) is 10.6. The maximum absolute atomic E-state index is 11.2. The summed E-state index contributed by atoms with van der Waals surface area (Å²) in [5, 5.41) is 10.3. The van der Waals surface area contributed by atoms with E-state index in [1.165, 1.54) is 19.3 Å². The highest BCUT2D eigenvalue weighted by Gasteiger charge is 2.19. The van der Waals surface area contributed by atoms with Crippen molar-refractivity contribution in [1.82, 2.24) is 5.32 Å². The molecule has 1 fully saturated rings. The lowest BCUT2D eigenvalue weighted by Gasteiger charge is -2.22. The Labute approximate surface area is 85.1 Å². The lowest BCUT2D eigenvalue weighted by molar-refractivity contribution is -0.116. The second-order valence-corrected chi connectivity index (χ2v) is 3.98. The fourth-order valence-electron chi connectivity index (χ4n) is 1.72. The van der Waals surface area contributed by atoms with E-state index in [4.69, 9.17) is 5.41 Å². The van der Waals surface area contributed by atoms with Crippen LogP contribution in [-0.2, 0) is 4.79 Å². The van der Waals surface area contributed by atoms with Crippen LogP contribution in [0.1, 0.15) is 39.0 Å². The highest BCUT2D eigenvalue weighted by atomic mass is 16.1. The van der Waals surface area contributed by atoms with Gasteiger partial charge < -0.3 is 5.32 Å². The molecular formula is C11H18N2O. The van der Waals surface area contributed by atoms with Crippen molar-refractivity contribution < 1.29 is 4.79 Å². The average molecular weight is 194 g/mol. The molecule has 1 aliphatic carbocycles. The van der Waals surface area contributed by atoms with Crippen LogP contribution in [-0.4, -0.2) is 11.7 Å². The molecule has 0 aromatic rings. The maximum atomic E-state index is 11.2. The number of carbonyl (C=O) groups is 1. The van der Waals surface area contributed by atoms with E-state index in [0.29, 0.717) is 11.4 Å². The monoisotopic (exact) mass is 194 g/mol. The second kappa shape index (κ2) is 4.94. The quantitative estimate of drug-likeness (QED) is 0.395. The van der Waals surface area contributed by atoms with Gasteiger partial charge in [-0.2, -0.15) is 0 Å². The minimum atomic E-state index is -0.222. The summed E-state index contributed by atoms with van der Waals surface area (Å²) in [5.74, 6) is 0.408. The first-order valence-electron chi connectivity index (χ1n) is 5.16. The van der Waals surface area contributed by atoms with Crippen molar-refractivity contribution in [2.75, 3.05) is 0 Å². The predicted octanol–water partition coefficient (Wildman–Crippen LogP) is 2.24. The van der Waals surface area contributed by atoms with E-state index in [1.54, 1.807) is 6.92 Å². The molecule has 78 valence electrons. The van der Waals surface area contributed by atoms with Crippen LogP contribution in [0, 0.1) is 11.3 Å². The summed E-state index contributed by atoms with van der Waals surface area (Å²) in [6.45, 7) is 5.20. The zero-order valence-corrected chi connectivity index (χ0v) is 8.73. The number of hydrogen-bond acceptors (Lipinski definition) is 2. The Morgan fingerprint density at radius 1 is 1.36 bits per heavy atom. The molecule has 0 aliphatic heterocycles. The molecule has 1 saturated carbocycles. The number of amidine groups is 1. The van der Waals surface area contributed by atoms with Crippen LogP contribution in [0.5, 0.6) is 0 Å². The number of rotatable bonds is 2. The fourth-order valence-corrected chi connectivity index (χ4v) is 1.72. The van der Waals surface area contributed by atoms with Gasteiger partial charge in [0, 0.05) is 11.5 Å². The van der Waals surface area contributed by atoms with Crippen LogP contribution in [0.25, 0.3) is 0 Å². The van der Waals surface area contributed by atoms with Gasteiger partial charge in [-0.3, -0.25) is 10.2 Å². The second-order valence-electron chi connectivity index (χ2n) is 3.98. The molecule has 2 N–H and O–H groups in total. The van der Waals surface area contributed by atoms with Gasteiger partial charge >= 0.3 is 0 Å². The van der Waals surface area contributed by atoms with Gasteiger partial charge in [-0.15, -0.1) is 0 Å². The van der Waals surface area contributed by atoms with Gasteiger partial charge in [0.05, 0.1) is 0 Å². The Morgan fingerprint density at radius 2 is 1.93 bits per heavy atom. The average Bonchev–Trinajstić information content (AvgIpc) is 2.19. The van der Waals surface area contributed by atoms with Crippen molar-refractivity contribution in [1.29, 1.82) is 5.41 Å². The van der Waals surface area contributed by atoms with Gasteiger partial charge in [-0.1, -0.05) is 25.8 Å². The smallest absolute Gasteiger partial charge is 0.251 e. The molecule has 3 nitrogen and oxygen atoms in total. The van der Waals surface area contributed by atoms with Crippen molar-refractivity contribution in [3.63, 3.8) is 0 Å². The van der Waals surface area contributed by atoms with Crippen LogP contribution in [0.3, 0.4) is 0 Å². The number of carbonyl (C=O) groups excluding carboxylic acids is 1. The van der Waals surface area contributed by atoms with Crippen LogP contribution in [0.2, 0.25) is 0 Å². The molecule has 0 spiro atoms. The topological polar surface area (TPSA) is 53.0 Å². The minimum absolute atomic E-state index is 0.222. The molecule has 3 heteroatoms. The summed E-state index contributed by atoms with van der Waals surface area (Å²) >= 11 is 0. The van der Waals surface area contributed by atoms with Crippen LogP contribution < -0.4 is 5.32 Å². The Kier molecular flexibility index (Phi) is 3.86. The Bertz CT molecular complexity index is 252. The van der Waals surface area contributed by atoms with Gasteiger partial charge in [0.1, 0.15) is 5.84 Å². The first kappa shape index (κ1) is 11.0. The molecular weight excluding hydrogens is 176 g/mol. The van der Waals surface area contributed by atoms with Crippen LogP contribution >= 0.6 is 0 Å². The van der Waals surface area contributed by atoms with Crippen molar-refractivity contribution >= 4 is 11.7 Å². The third-order valence-electron chi connectivity index (χ3n) is 2.65. The zero-order valence-electron chi connectivity index (χ0n) is 8.73. The SMILES string of the molecule is C=C(C)C(=O)NC(=N)C1CCCCC1. The summed E-state index contributed by atoms with van der Waals surface area (Å²) in [6, 6.07) is 0.